The molecular weight excluding hydrogens is 402 g/mol. The Morgan fingerprint density at radius 2 is 2.06 bits per heavy atom. The Bertz CT molecular complexity index is 1210. The smallest absolute Gasteiger partial charge is 0.224 e. The fourth-order valence-electron chi connectivity index (χ4n) is 4.42. The first-order valence-corrected chi connectivity index (χ1v) is 11.0. The largest absolute Gasteiger partial charge is 0.497 e. The number of fused-ring (bicyclic) bond motifs is 1. The van der Waals surface area contributed by atoms with Crippen molar-refractivity contribution in [2.45, 2.75) is 25.3 Å². The van der Waals surface area contributed by atoms with Crippen LogP contribution in [0.1, 0.15) is 18.4 Å². The van der Waals surface area contributed by atoms with Crippen LogP contribution in [0.4, 0.5) is 5.82 Å². The van der Waals surface area contributed by atoms with E-state index in [1.165, 1.54) is 0 Å². The number of aromatic amines is 2. The molecule has 164 valence electrons. The molecule has 32 heavy (non-hydrogen) atoms. The van der Waals surface area contributed by atoms with Crippen LogP contribution >= 0.6 is 0 Å². The van der Waals surface area contributed by atoms with Gasteiger partial charge in [-0.25, -0.2) is 0 Å². The topological polar surface area (TPSA) is 86.0 Å². The van der Waals surface area contributed by atoms with Gasteiger partial charge >= 0.3 is 0 Å². The molecule has 0 spiro atoms. The normalized spacial score (nSPS) is 16.3. The minimum absolute atomic E-state index is 0.0579. The highest BCUT2D eigenvalue weighted by Crippen LogP contribution is 2.26. The third-order valence-electron chi connectivity index (χ3n) is 6.10. The number of H-pyrrole nitrogens is 2. The van der Waals surface area contributed by atoms with E-state index < -0.39 is 0 Å². The van der Waals surface area contributed by atoms with E-state index >= 15 is 0 Å². The molecule has 1 aliphatic heterocycles. The highest BCUT2D eigenvalue weighted by molar-refractivity contribution is 5.89. The first-order valence-electron chi connectivity index (χ1n) is 11.0. The number of benzene rings is 2. The number of nitrogens with zero attached hydrogens (tertiary/aromatic N) is 2. The summed E-state index contributed by atoms with van der Waals surface area (Å²) in [6.07, 6.45) is 4.31. The average molecular weight is 430 g/mol. The number of methoxy groups -OCH3 is 1. The van der Waals surface area contributed by atoms with Crippen LogP contribution in [0.15, 0.2) is 60.8 Å². The van der Waals surface area contributed by atoms with Crippen LogP contribution in [0.2, 0.25) is 0 Å². The van der Waals surface area contributed by atoms with Gasteiger partial charge in [-0.1, -0.05) is 18.2 Å². The van der Waals surface area contributed by atoms with Crippen molar-refractivity contribution in [2.75, 3.05) is 25.1 Å². The van der Waals surface area contributed by atoms with E-state index in [0.717, 1.165) is 65.2 Å². The zero-order chi connectivity index (χ0) is 21.9. The third-order valence-corrected chi connectivity index (χ3v) is 6.10. The van der Waals surface area contributed by atoms with Gasteiger partial charge in [0.1, 0.15) is 5.75 Å². The van der Waals surface area contributed by atoms with Crippen LogP contribution in [0.3, 0.4) is 0 Å². The fraction of sp³-hybridized carbons (Fsp3) is 0.280. The summed E-state index contributed by atoms with van der Waals surface area (Å²) in [5.41, 5.74) is 4.12. The maximum atomic E-state index is 12.7. The van der Waals surface area contributed by atoms with Gasteiger partial charge in [-0.05, 0) is 54.3 Å². The van der Waals surface area contributed by atoms with Gasteiger partial charge in [0.25, 0.3) is 0 Å². The third kappa shape index (κ3) is 4.19. The molecule has 0 bridgehead atoms. The second-order valence-electron chi connectivity index (χ2n) is 8.26. The summed E-state index contributed by atoms with van der Waals surface area (Å²) in [4.78, 5) is 18.2. The van der Waals surface area contributed by atoms with Crippen LogP contribution in [0, 0.1) is 0 Å². The van der Waals surface area contributed by atoms with E-state index in [9.17, 15) is 4.79 Å². The van der Waals surface area contributed by atoms with Crippen LogP contribution in [-0.2, 0) is 11.2 Å². The molecule has 5 rings (SSSR count). The number of aromatic nitrogens is 3. The van der Waals surface area contributed by atoms with Crippen LogP contribution < -0.4 is 15.0 Å². The lowest BCUT2D eigenvalue weighted by atomic mass is 10.0. The Labute approximate surface area is 186 Å². The standard InChI is InChI=1S/C25H27N5O2/c1-32-20-10-8-17(9-11-20)23-14-24(29-28-23)30-12-4-5-19(16-30)27-25(31)13-18-15-26-22-7-3-2-6-21(18)22/h2-3,6-11,14-15,19,26H,4-5,12-13,16H2,1H3,(H,27,31)(H,28,29). The Balaban J connectivity index is 1.21. The Morgan fingerprint density at radius 1 is 1.22 bits per heavy atom. The number of carbonyl (C=O) groups excluding carboxylic acids is 1. The molecule has 1 unspecified atom stereocenters. The van der Waals surface area contributed by atoms with Crippen molar-refractivity contribution < 1.29 is 9.53 Å². The van der Waals surface area contributed by atoms with Crippen molar-refractivity contribution in [1.29, 1.82) is 0 Å². The molecule has 2 aromatic heterocycles. The Morgan fingerprint density at radius 3 is 2.91 bits per heavy atom. The summed E-state index contributed by atoms with van der Waals surface area (Å²) in [5, 5.41) is 12.0. The van der Waals surface area contributed by atoms with E-state index in [2.05, 4.69) is 37.5 Å². The summed E-state index contributed by atoms with van der Waals surface area (Å²) in [6, 6.07) is 18.2. The SMILES string of the molecule is COc1ccc(-c2cc(N3CCCC(NC(=O)Cc4c[nH]c5ccccc45)C3)n[nH]2)cc1. The monoisotopic (exact) mass is 429 g/mol. The van der Waals surface area contributed by atoms with Crippen molar-refractivity contribution in [3.05, 3.63) is 66.4 Å². The van der Waals surface area contributed by atoms with Crippen molar-refractivity contribution >= 4 is 22.6 Å². The molecule has 1 aliphatic rings. The zero-order valence-corrected chi connectivity index (χ0v) is 18.1. The van der Waals surface area contributed by atoms with E-state index in [1.807, 2.05) is 48.7 Å². The number of hydrogen-bond acceptors (Lipinski definition) is 4. The highest BCUT2D eigenvalue weighted by atomic mass is 16.5. The van der Waals surface area contributed by atoms with Gasteiger partial charge in [0.05, 0.1) is 19.2 Å². The predicted octanol–water partition coefficient (Wildman–Crippen LogP) is 3.89. The molecule has 1 saturated heterocycles. The molecule has 0 saturated carbocycles. The van der Waals surface area contributed by atoms with Gasteiger partial charge in [-0.3, -0.25) is 9.89 Å². The molecule has 3 N–H and O–H groups in total. The lowest BCUT2D eigenvalue weighted by Gasteiger charge is -2.33. The van der Waals surface area contributed by atoms with Gasteiger partial charge in [0.15, 0.2) is 5.82 Å². The van der Waals surface area contributed by atoms with Crippen molar-refractivity contribution in [2.24, 2.45) is 0 Å². The first-order chi connectivity index (χ1) is 15.7. The van der Waals surface area contributed by atoms with E-state index in [1.54, 1.807) is 7.11 Å². The zero-order valence-electron chi connectivity index (χ0n) is 18.1. The van der Waals surface area contributed by atoms with Crippen molar-refractivity contribution in [3.63, 3.8) is 0 Å². The number of amides is 1. The Kier molecular flexibility index (Phi) is 5.54. The molecule has 2 aromatic carbocycles. The molecule has 1 amide bonds. The number of rotatable bonds is 6. The number of carbonyl (C=O) groups is 1. The number of piperidine rings is 1. The lowest BCUT2D eigenvalue weighted by Crippen LogP contribution is -2.48. The van der Waals surface area contributed by atoms with Crippen molar-refractivity contribution in [1.82, 2.24) is 20.5 Å². The van der Waals surface area contributed by atoms with Gasteiger partial charge in [-0.15, -0.1) is 0 Å². The van der Waals surface area contributed by atoms with E-state index in [4.69, 9.17) is 4.74 Å². The second kappa shape index (κ2) is 8.78. The average Bonchev–Trinajstić information content (AvgIpc) is 3.47. The van der Waals surface area contributed by atoms with Crippen LogP contribution in [-0.4, -0.2) is 47.3 Å². The Hall–Kier alpha value is -3.74. The van der Waals surface area contributed by atoms with E-state index in [-0.39, 0.29) is 11.9 Å². The van der Waals surface area contributed by atoms with Crippen LogP contribution in [0.5, 0.6) is 5.75 Å². The van der Waals surface area contributed by atoms with Gasteiger partial charge in [-0.2, -0.15) is 5.10 Å². The molecule has 7 heteroatoms. The minimum atomic E-state index is 0.0579. The van der Waals surface area contributed by atoms with E-state index in [0.29, 0.717) is 6.42 Å². The van der Waals surface area contributed by atoms with Gasteiger partial charge in [0.2, 0.25) is 5.91 Å². The molecule has 7 nitrogen and oxygen atoms in total. The highest BCUT2D eigenvalue weighted by Gasteiger charge is 2.23. The molecular formula is C25H27N5O2. The maximum Gasteiger partial charge on any atom is 0.224 e. The number of para-hydroxylation sites is 1. The lowest BCUT2D eigenvalue weighted by molar-refractivity contribution is -0.121. The number of ether oxygens (including phenoxy) is 1. The van der Waals surface area contributed by atoms with Crippen molar-refractivity contribution in [3.8, 4) is 17.0 Å². The summed E-state index contributed by atoms with van der Waals surface area (Å²) < 4.78 is 5.23. The molecule has 1 fully saturated rings. The quantitative estimate of drug-likeness (QED) is 0.434. The van der Waals surface area contributed by atoms with Crippen LogP contribution in [0.25, 0.3) is 22.2 Å². The number of nitrogens with one attached hydrogen (secondary N) is 3. The van der Waals surface area contributed by atoms with Gasteiger partial charge in [0, 0.05) is 42.3 Å². The molecule has 1 atom stereocenters. The summed E-state index contributed by atoms with van der Waals surface area (Å²) in [7, 11) is 1.66. The number of anilines is 1. The summed E-state index contributed by atoms with van der Waals surface area (Å²) in [5.74, 6) is 1.80. The first kappa shape index (κ1) is 20.2. The molecule has 0 aliphatic carbocycles. The maximum absolute atomic E-state index is 12.7. The second-order valence-corrected chi connectivity index (χ2v) is 8.26. The number of hydrogen-bond donors (Lipinski definition) is 3. The molecule has 4 aromatic rings. The summed E-state index contributed by atoms with van der Waals surface area (Å²) in [6.45, 7) is 1.69. The minimum Gasteiger partial charge on any atom is -0.497 e. The van der Waals surface area contributed by atoms with Gasteiger partial charge < -0.3 is 19.9 Å². The molecule has 3 heterocycles. The fourth-order valence-corrected chi connectivity index (χ4v) is 4.42. The molecule has 0 radical (unpaired) electrons. The summed E-state index contributed by atoms with van der Waals surface area (Å²) >= 11 is 0. The predicted molar refractivity (Wildman–Crippen MR) is 126 cm³/mol.